The summed E-state index contributed by atoms with van der Waals surface area (Å²) < 4.78 is 1.30. The molecule has 0 aliphatic carbocycles. The lowest BCUT2D eigenvalue weighted by molar-refractivity contribution is -0.389. The monoisotopic (exact) mass is 346 g/mol. The van der Waals surface area contributed by atoms with Crippen LogP contribution < -0.4 is 5.32 Å². The van der Waals surface area contributed by atoms with Gasteiger partial charge in [-0.15, -0.1) is 0 Å². The molecule has 25 heavy (non-hydrogen) atoms. The molecule has 2 aromatic rings. The van der Waals surface area contributed by atoms with Gasteiger partial charge in [0.25, 0.3) is 0 Å². The zero-order chi connectivity index (χ0) is 18.7. The minimum Gasteiger partial charge on any atom is -0.479 e. The molecule has 1 atom stereocenters. The second kappa shape index (κ2) is 7.12. The maximum atomic E-state index is 12.2. The fourth-order valence-corrected chi connectivity index (χ4v) is 2.57. The van der Waals surface area contributed by atoms with E-state index < -0.39 is 22.8 Å². The third-order valence-electron chi connectivity index (χ3n) is 3.59. The molecule has 2 rings (SSSR count). The fraction of sp³-hybridized carbons (Fsp3) is 0.312. The molecular formula is C16H18N4O5. The highest BCUT2D eigenvalue weighted by Gasteiger charge is 2.24. The summed E-state index contributed by atoms with van der Waals surface area (Å²) in [6, 6.07) is 4.08. The zero-order valence-electron chi connectivity index (χ0n) is 14.0. The van der Waals surface area contributed by atoms with E-state index in [0.717, 1.165) is 17.3 Å². The van der Waals surface area contributed by atoms with Crippen molar-refractivity contribution in [2.75, 3.05) is 0 Å². The molecule has 9 nitrogen and oxygen atoms in total. The summed E-state index contributed by atoms with van der Waals surface area (Å²) in [5.41, 5.74) is 2.24. The van der Waals surface area contributed by atoms with Gasteiger partial charge in [-0.05, 0) is 29.3 Å². The number of carboxylic acids is 1. The van der Waals surface area contributed by atoms with Crippen molar-refractivity contribution in [2.24, 2.45) is 0 Å². The summed E-state index contributed by atoms with van der Waals surface area (Å²) in [6.45, 7) is 4.94. The number of imidazole rings is 1. The third kappa shape index (κ3) is 4.40. The van der Waals surface area contributed by atoms with Gasteiger partial charge >= 0.3 is 11.8 Å². The Morgan fingerprint density at radius 1 is 1.28 bits per heavy atom. The molecule has 132 valence electrons. The number of aryl methyl sites for hydroxylation is 3. The highest BCUT2D eigenvalue weighted by molar-refractivity contribution is 5.84. The molecule has 0 bridgehead atoms. The van der Waals surface area contributed by atoms with Crippen LogP contribution in [0.3, 0.4) is 0 Å². The molecule has 0 saturated heterocycles. The Kier molecular flexibility index (Phi) is 5.16. The van der Waals surface area contributed by atoms with E-state index in [0.29, 0.717) is 11.4 Å². The van der Waals surface area contributed by atoms with Crippen molar-refractivity contribution in [1.82, 2.24) is 14.9 Å². The number of nitrogens with one attached hydrogen (secondary N) is 1. The Morgan fingerprint density at radius 3 is 2.36 bits per heavy atom. The van der Waals surface area contributed by atoms with Gasteiger partial charge in [0, 0.05) is 6.92 Å². The Hall–Kier alpha value is -3.23. The number of carbonyl (C=O) groups is 2. The number of benzene rings is 1. The lowest BCUT2D eigenvalue weighted by atomic mass is 10.0. The number of rotatable bonds is 6. The van der Waals surface area contributed by atoms with E-state index in [1.165, 1.54) is 11.5 Å². The van der Waals surface area contributed by atoms with Crippen LogP contribution in [-0.4, -0.2) is 31.5 Å². The van der Waals surface area contributed by atoms with Gasteiger partial charge in [0.15, 0.2) is 6.04 Å². The van der Waals surface area contributed by atoms with Gasteiger partial charge < -0.3 is 20.5 Å². The standard InChI is InChI=1S/C16H18N4O5/c1-9-4-10(2)6-12(5-9)15(16(22)23)18-14(21)8-19-7-13(20(24)25)17-11(19)3/h4-7,15H,8H2,1-3H3,(H,18,21)(H,22,23). The summed E-state index contributed by atoms with van der Waals surface area (Å²) in [6.07, 6.45) is 1.14. The number of nitro groups is 1. The highest BCUT2D eigenvalue weighted by Crippen LogP contribution is 2.18. The zero-order valence-corrected chi connectivity index (χ0v) is 14.0. The van der Waals surface area contributed by atoms with Crippen LogP contribution in [0.15, 0.2) is 24.4 Å². The molecule has 0 fully saturated rings. The van der Waals surface area contributed by atoms with Crippen molar-refractivity contribution < 1.29 is 19.6 Å². The van der Waals surface area contributed by atoms with Crippen LogP contribution in [0.5, 0.6) is 0 Å². The van der Waals surface area contributed by atoms with Crippen molar-refractivity contribution >= 4 is 17.7 Å². The van der Waals surface area contributed by atoms with E-state index in [4.69, 9.17) is 0 Å². The predicted molar refractivity (Wildman–Crippen MR) is 88.1 cm³/mol. The smallest absolute Gasteiger partial charge is 0.381 e. The summed E-state index contributed by atoms with van der Waals surface area (Å²) in [5.74, 6) is -1.84. The average Bonchev–Trinajstić information content (AvgIpc) is 2.84. The first kappa shape index (κ1) is 18.1. The van der Waals surface area contributed by atoms with Gasteiger partial charge in [0.05, 0.1) is 0 Å². The van der Waals surface area contributed by atoms with Gasteiger partial charge in [0.1, 0.15) is 12.7 Å². The second-order valence-electron chi connectivity index (χ2n) is 5.79. The molecule has 1 amide bonds. The Labute approximate surface area is 143 Å². The van der Waals surface area contributed by atoms with E-state index in [2.05, 4.69) is 10.3 Å². The number of hydrogen-bond donors (Lipinski definition) is 2. The molecule has 0 aliphatic heterocycles. The summed E-state index contributed by atoms with van der Waals surface area (Å²) in [5, 5.41) is 22.6. The molecule has 1 aromatic carbocycles. The molecule has 0 spiro atoms. The van der Waals surface area contributed by atoms with Crippen molar-refractivity contribution in [3.8, 4) is 0 Å². The number of aromatic nitrogens is 2. The van der Waals surface area contributed by atoms with Crippen molar-refractivity contribution in [3.05, 3.63) is 57.0 Å². The summed E-state index contributed by atoms with van der Waals surface area (Å²) >= 11 is 0. The summed E-state index contributed by atoms with van der Waals surface area (Å²) in [7, 11) is 0. The molecular weight excluding hydrogens is 328 g/mol. The first-order chi connectivity index (χ1) is 11.7. The number of carbonyl (C=O) groups excluding carboxylic acids is 1. The number of amides is 1. The lowest BCUT2D eigenvalue weighted by Crippen LogP contribution is -2.36. The quantitative estimate of drug-likeness (QED) is 0.605. The van der Waals surface area contributed by atoms with E-state index in [1.54, 1.807) is 12.1 Å². The molecule has 9 heteroatoms. The molecule has 0 radical (unpaired) electrons. The van der Waals surface area contributed by atoms with E-state index in [9.17, 15) is 24.8 Å². The van der Waals surface area contributed by atoms with E-state index in [-0.39, 0.29) is 12.4 Å². The Bertz CT molecular complexity index is 823. The van der Waals surface area contributed by atoms with Crippen molar-refractivity contribution in [1.29, 1.82) is 0 Å². The minimum absolute atomic E-state index is 0.263. The van der Waals surface area contributed by atoms with Crippen molar-refractivity contribution in [2.45, 2.75) is 33.4 Å². The van der Waals surface area contributed by atoms with Gasteiger partial charge in [0.2, 0.25) is 11.7 Å². The van der Waals surface area contributed by atoms with Crippen LogP contribution in [0.4, 0.5) is 5.82 Å². The molecule has 1 aromatic heterocycles. The van der Waals surface area contributed by atoms with Crippen LogP contribution in [0, 0.1) is 30.9 Å². The number of hydrogen-bond acceptors (Lipinski definition) is 5. The maximum absolute atomic E-state index is 12.2. The Balaban J connectivity index is 2.18. The van der Waals surface area contributed by atoms with Crippen LogP contribution in [0.2, 0.25) is 0 Å². The van der Waals surface area contributed by atoms with Crippen molar-refractivity contribution in [3.63, 3.8) is 0 Å². The SMILES string of the molecule is Cc1cc(C)cc(C(NC(=O)Cn2cc([N+](=O)[O-])nc2C)C(=O)O)c1. The van der Waals surface area contributed by atoms with Crippen LogP contribution in [0.25, 0.3) is 0 Å². The van der Waals surface area contributed by atoms with E-state index in [1.807, 2.05) is 19.9 Å². The summed E-state index contributed by atoms with van der Waals surface area (Å²) in [4.78, 5) is 37.5. The Morgan fingerprint density at radius 2 is 1.88 bits per heavy atom. The third-order valence-corrected chi connectivity index (χ3v) is 3.59. The van der Waals surface area contributed by atoms with Crippen LogP contribution >= 0.6 is 0 Å². The van der Waals surface area contributed by atoms with Gasteiger partial charge in [-0.25, -0.2) is 4.79 Å². The molecule has 1 unspecified atom stereocenters. The lowest BCUT2D eigenvalue weighted by Gasteiger charge is -2.16. The molecule has 1 heterocycles. The van der Waals surface area contributed by atoms with E-state index >= 15 is 0 Å². The fourth-order valence-electron chi connectivity index (χ4n) is 2.57. The molecule has 0 saturated carbocycles. The largest absolute Gasteiger partial charge is 0.479 e. The highest BCUT2D eigenvalue weighted by atomic mass is 16.6. The first-order valence-electron chi connectivity index (χ1n) is 7.46. The number of carboxylic acid groups (broad SMARTS) is 1. The molecule has 0 aliphatic rings. The minimum atomic E-state index is -1.20. The van der Waals surface area contributed by atoms with Gasteiger partial charge in [-0.1, -0.05) is 29.3 Å². The number of nitrogens with zero attached hydrogens (tertiary/aromatic N) is 3. The first-order valence-corrected chi connectivity index (χ1v) is 7.46. The normalized spacial score (nSPS) is 11.8. The van der Waals surface area contributed by atoms with Gasteiger partial charge in [-0.3, -0.25) is 9.36 Å². The second-order valence-corrected chi connectivity index (χ2v) is 5.79. The van der Waals surface area contributed by atoms with Crippen LogP contribution in [-0.2, 0) is 16.1 Å². The maximum Gasteiger partial charge on any atom is 0.381 e. The van der Waals surface area contributed by atoms with Gasteiger partial charge in [-0.2, -0.15) is 0 Å². The molecule has 2 N–H and O–H groups in total. The number of aliphatic carboxylic acids is 1. The van der Waals surface area contributed by atoms with Crippen LogP contribution in [0.1, 0.15) is 28.6 Å². The predicted octanol–water partition coefficient (Wildman–Crippen LogP) is 1.66. The average molecular weight is 346 g/mol. The topological polar surface area (TPSA) is 127 Å².